The van der Waals surface area contributed by atoms with Crippen LogP contribution >= 0.6 is 0 Å². The SMILES string of the molecule is O=C(O)C1=NOC(CCCCCCOc2ccccc2)C1. The Labute approximate surface area is 124 Å². The molecule has 0 aromatic heterocycles. The average molecular weight is 291 g/mol. The van der Waals surface area contributed by atoms with E-state index in [-0.39, 0.29) is 11.8 Å². The number of carboxylic acid groups (broad SMARTS) is 1. The Morgan fingerprint density at radius 1 is 1.24 bits per heavy atom. The van der Waals surface area contributed by atoms with Gasteiger partial charge in [0, 0.05) is 6.42 Å². The number of ether oxygens (including phenoxy) is 1. The molecule has 0 amide bonds. The predicted octanol–water partition coefficient (Wildman–Crippen LogP) is 3.25. The lowest BCUT2D eigenvalue weighted by Gasteiger charge is -2.08. The second-order valence-electron chi connectivity index (χ2n) is 5.14. The van der Waals surface area contributed by atoms with Crippen LogP contribution in [0.3, 0.4) is 0 Å². The normalized spacial score (nSPS) is 17.1. The van der Waals surface area contributed by atoms with Gasteiger partial charge in [-0.05, 0) is 31.4 Å². The van der Waals surface area contributed by atoms with Gasteiger partial charge in [-0.25, -0.2) is 4.79 Å². The van der Waals surface area contributed by atoms with E-state index in [9.17, 15) is 4.79 Å². The van der Waals surface area contributed by atoms with E-state index in [0.29, 0.717) is 6.42 Å². The smallest absolute Gasteiger partial charge is 0.353 e. The number of rotatable bonds is 9. The van der Waals surface area contributed by atoms with E-state index in [1.807, 2.05) is 30.3 Å². The van der Waals surface area contributed by atoms with E-state index in [4.69, 9.17) is 14.7 Å². The summed E-state index contributed by atoms with van der Waals surface area (Å²) in [6, 6.07) is 9.81. The number of oxime groups is 1. The summed E-state index contributed by atoms with van der Waals surface area (Å²) in [5.41, 5.74) is 0.135. The van der Waals surface area contributed by atoms with E-state index < -0.39 is 5.97 Å². The van der Waals surface area contributed by atoms with Gasteiger partial charge in [-0.1, -0.05) is 36.2 Å². The van der Waals surface area contributed by atoms with Crippen LogP contribution in [0.25, 0.3) is 0 Å². The van der Waals surface area contributed by atoms with Crippen molar-refractivity contribution >= 4 is 11.7 Å². The van der Waals surface area contributed by atoms with Gasteiger partial charge < -0.3 is 14.7 Å². The lowest BCUT2D eigenvalue weighted by atomic mass is 10.1. The highest BCUT2D eigenvalue weighted by Gasteiger charge is 2.24. The maximum atomic E-state index is 10.7. The number of benzene rings is 1. The summed E-state index contributed by atoms with van der Waals surface area (Å²) in [7, 11) is 0. The van der Waals surface area contributed by atoms with Crippen molar-refractivity contribution < 1.29 is 19.5 Å². The zero-order valence-corrected chi connectivity index (χ0v) is 12.0. The highest BCUT2D eigenvalue weighted by molar-refractivity contribution is 6.35. The second-order valence-corrected chi connectivity index (χ2v) is 5.14. The topological polar surface area (TPSA) is 68.1 Å². The third-order valence-electron chi connectivity index (χ3n) is 3.41. The zero-order valence-electron chi connectivity index (χ0n) is 12.0. The van der Waals surface area contributed by atoms with E-state index in [2.05, 4.69) is 5.16 Å². The van der Waals surface area contributed by atoms with Crippen LogP contribution in [0.2, 0.25) is 0 Å². The van der Waals surface area contributed by atoms with Crippen molar-refractivity contribution in [3.05, 3.63) is 30.3 Å². The first-order valence-electron chi connectivity index (χ1n) is 7.39. The van der Waals surface area contributed by atoms with Crippen molar-refractivity contribution in [3.8, 4) is 5.75 Å². The van der Waals surface area contributed by atoms with Gasteiger partial charge in [-0.2, -0.15) is 0 Å². The van der Waals surface area contributed by atoms with Crippen LogP contribution in [-0.4, -0.2) is 29.5 Å². The highest BCUT2D eigenvalue weighted by atomic mass is 16.6. The molecule has 1 aromatic carbocycles. The Morgan fingerprint density at radius 3 is 2.71 bits per heavy atom. The van der Waals surface area contributed by atoms with Crippen molar-refractivity contribution in [1.29, 1.82) is 0 Å². The third kappa shape index (κ3) is 5.45. The Balaban J connectivity index is 1.45. The molecule has 1 heterocycles. The van der Waals surface area contributed by atoms with Crippen LogP contribution in [0, 0.1) is 0 Å². The number of para-hydroxylation sites is 1. The molecular formula is C16H21NO4. The van der Waals surface area contributed by atoms with Crippen molar-refractivity contribution in [3.63, 3.8) is 0 Å². The molecule has 0 saturated heterocycles. The number of carboxylic acids is 1. The molecule has 5 heteroatoms. The largest absolute Gasteiger partial charge is 0.494 e. The maximum Gasteiger partial charge on any atom is 0.353 e. The molecule has 1 aliphatic rings. The summed E-state index contributed by atoms with van der Waals surface area (Å²) in [5, 5.41) is 12.3. The first-order chi connectivity index (χ1) is 10.3. The molecule has 1 atom stereocenters. The van der Waals surface area contributed by atoms with Gasteiger partial charge >= 0.3 is 5.97 Å². The molecule has 0 fully saturated rings. The van der Waals surface area contributed by atoms with Crippen molar-refractivity contribution in [2.75, 3.05) is 6.61 Å². The van der Waals surface area contributed by atoms with Gasteiger partial charge in [0.15, 0.2) is 5.71 Å². The summed E-state index contributed by atoms with van der Waals surface area (Å²) < 4.78 is 5.62. The first kappa shape index (κ1) is 15.4. The predicted molar refractivity (Wildman–Crippen MR) is 79.6 cm³/mol. The molecule has 0 saturated carbocycles. The molecule has 1 N–H and O–H groups in total. The molecule has 0 spiro atoms. The molecule has 0 bridgehead atoms. The lowest BCUT2D eigenvalue weighted by molar-refractivity contribution is -0.129. The monoisotopic (exact) mass is 291 g/mol. The Hall–Kier alpha value is -2.04. The Morgan fingerprint density at radius 2 is 2.00 bits per heavy atom. The van der Waals surface area contributed by atoms with E-state index in [0.717, 1.165) is 44.5 Å². The maximum absolute atomic E-state index is 10.7. The second kappa shape index (κ2) is 8.29. The fraction of sp³-hybridized carbons (Fsp3) is 0.500. The van der Waals surface area contributed by atoms with Gasteiger partial charge in [0.25, 0.3) is 0 Å². The molecule has 5 nitrogen and oxygen atoms in total. The number of nitrogens with zero attached hydrogens (tertiary/aromatic N) is 1. The number of hydrogen-bond acceptors (Lipinski definition) is 4. The molecule has 0 aliphatic carbocycles. The Kier molecular flexibility index (Phi) is 6.06. The number of carbonyl (C=O) groups is 1. The molecule has 0 radical (unpaired) electrons. The number of unbranched alkanes of at least 4 members (excludes halogenated alkanes) is 3. The minimum atomic E-state index is -0.976. The number of hydrogen-bond donors (Lipinski definition) is 1. The van der Waals surface area contributed by atoms with Crippen LogP contribution in [0.15, 0.2) is 35.5 Å². The Bertz CT molecular complexity index is 472. The van der Waals surface area contributed by atoms with Gasteiger partial charge in [-0.15, -0.1) is 0 Å². The standard InChI is InChI=1S/C16H21NO4/c18-16(19)15-12-14(21-17-15)10-4-1-2-7-11-20-13-8-5-3-6-9-13/h3,5-6,8-9,14H,1-2,4,7,10-12H2,(H,18,19). The van der Waals surface area contributed by atoms with Crippen LogP contribution < -0.4 is 4.74 Å². The third-order valence-corrected chi connectivity index (χ3v) is 3.41. The minimum absolute atomic E-state index is 0.0586. The fourth-order valence-corrected chi connectivity index (χ4v) is 2.24. The summed E-state index contributed by atoms with van der Waals surface area (Å²) in [5.74, 6) is -0.0641. The highest BCUT2D eigenvalue weighted by Crippen LogP contribution is 2.17. The summed E-state index contributed by atoms with van der Waals surface area (Å²) >= 11 is 0. The summed E-state index contributed by atoms with van der Waals surface area (Å²) in [6.07, 6.45) is 5.48. The fourth-order valence-electron chi connectivity index (χ4n) is 2.24. The lowest BCUT2D eigenvalue weighted by Crippen LogP contribution is -2.14. The van der Waals surface area contributed by atoms with Gasteiger partial charge in [0.2, 0.25) is 0 Å². The molecule has 21 heavy (non-hydrogen) atoms. The summed E-state index contributed by atoms with van der Waals surface area (Å²) in [4.78, 5) is 15.8. The zero-order chi connectivity index (χ0) is 14.9. The van der Waals surface area contributed by atoms with Gasteiger partial charge in [0.1, 0.15) is 11.9 Å². The molecule has 1 aliphatic heterocycles. The average Bonchev–Trinajstić information content (AvgIpc) is 2.96. The van der Waals surface area contributed by atoms with Gasteiger partial charge in [0.05, 0.1) is 6.61 Å². The van der Waals surface area contributed by atoms with E-state index in [1.54, 1.807) is 0 Å². The molecule has 114 valence electrons. The van der Waals surface area contributed by atoms with Crippen molar-refractivity contribution in [1.82, 2.24) is 0 Å². The molecule has 1 unspecified atom stereocenters. The van der Waals surface area contributed by atoms with Crippen LogP contribution in [0.1, 0.15) is 38.5 Å². The van der Waals surface area contributed by atoms with E-state index in [1.165, 1.54) is 0 Å². The molecule has 2 rings (SSSR count). The van der Waals surface area contributed by atoms with Crippen molar-refractivity contribution in [2.24, 2.45) is 5.16 Å². The molecular weight excluding hydrogens is 270 g/mol. The summed E-state index contributed by atoms with van der Waals surface area (Å²) in [6.45, 7) is 0.732. The first-order valence-corrected chi connectivity index (χ1v) is 7.39. The quantitative estimate of drug-likeness (QED) is 0.709. The van der Waals surface area contributed by atoms with Crippen LogP contribution in [-0.2, 0) is 9.63 Å². The number of aliphatic carboxylic acids is 1. The van der Waals surface area contributed by atoms with Crippen molar-refractivity contribution in [2.45, 2.75) is 44.6 Å². The molecule has 1 aromatic rings. The van der Waals surface area contributed by atoms with E-state index >= 15 is 0 Å². The van der Waals surface area contributed by atoms with Crippen LogP contribution in [0.5, 0.6) is 5.75 Å². The van der Waals surface area contributed by atoms with Gasteiger partial charge in [-0.3, -0.25) is 0 Å². The minimum Gasteiger partial charge on any atom is -0.494 e. The van der Waals surface area contributed by atoms with Crippen LogP contribution in [0.4, 0.5) is 0 Å².